The van der Waals surface area contributed by atoms with E-state index in [1.54, 1.807) is 23.5 Å². The van der Waals surface area contributed by atoms with Gasteiger partial charge in [-0.25, -0.2) is 4.98 Å². The van der Waals surface area contributed by atoms with Crippen molar-refractivity contribution >= 4 is 23.1 Å². The number of carbonyl (C=O) groups excluding carboxylic acids is 1. The highest BCUT2D eigenvalue weighted by Gasteiger charge is 2.06. The number of primary amides is 1. The second kappa shape index (κ2) is 7.18. The van der Waals surface area contributed by atoms with Gasteiger partial charge in [0.2, 0.25) is 0 Å². The average molecular weight is 339 g/mol. The average Bonchev–Trinajstić information content (AvgIpc) is 3.05. The van der Waals surface area contributed by atoms with Crippen LogP contribution < -0.4 is 11.1 Å². The second-order valence-corrected chi connectivity index (χ2v) is 6.21. The van der Waals surface area contributed by atoms with Crippen LogP contribution in [0.15, 0.2) is 41.8 Å². The van der Waals surface area contributed by atoms with Gasteiger partial charge in [-0.05, 0) is 19.1 Å². The number of benzene rings is 1. The molecule has 1 amide bonds. The van der Waals surface area contributed by atoms with Crippen molar-refractivity contribution in [1.82, 2.24) is 15.2 Å². The van der Waals surface area contributed by atoms with Crippen molar-refractivity contribution in [2.45, 2.75) is 13.3 Å². The SMILES string of the molecule is Cc1ccc(-c2nc(CCNc3ccc(C(N)=O)nn3)cs2)cc1. The van der Waals surface area contributed by atoms with Gasteiger partial charge in [0.1, 0.15) is 10.8 Å². The molecule has 0 aliphatic carbocycles. The van der Waals surface area contributed by atoms with E-state index in [2.05, 4.69) is 57.1 Å². The number of nitrogens with zero attached hydrogens (tertiary/aromatic N) is 3. The number of aryl methyl sites for hydroxylation is 1. The summed E-state index contributed by atoms with van der Waals surface area (Å²) in [5.41, 5.74) is 8.69. The minimum Gasteiger partial charge on any atom is -0.368 e. The predicted octanol–water partition coefficient (Wildman–Crippen LogP) is 2.66. The van der Waals surface area contributed by atoms with Gasteiger partial charge in [0, 0.05) is 23.9 Å². The number of amides is 1. The molecule has 2 aromatic heterocycles. The predicted molar refractivity (Wildman–Crippen MR) is 95.0 cm³/mol. The Morgan fingerprint density at radius 2 is 1.96 bits per heavy atom. The molecule has 0 unspecified atom stereocenters. The molecule has 24 heavy (non-hydrogen) atoms. The van der Waals surface area contributed by atoms with Crippen LogP contribution >= 0.6 is 11.3 Å². The number of aromatic nitrogens is 3. The van der Waals surface area contributed by atoms with Crippen LogP contribution in [0.5, 0.6) is 0 Å². The van der Waals surface area contributed by atoms with Crippen LogP contribution in [0.3, 0.4) is 0 Å². The number of nitrogens with two attached hydrogens (primary N) is 1. The highest BCUT2D eigenvalue weighted by molar-refractivity contribution is 7.13. The molecule has 0 radical (unpaired) electrons. The molecule has 7 heteroatoms. The molecule has 122 valence electrons. The van der Waals surface area contributed by atoms with Crippen molar-refractivity contribution in [2.24, 2.45) is 5.73 Å². The first-order chi connectivity index (χ1) is 11.6. The normalized spacial score (nSPS) is 10.5. The van der Waals surface area contributed by atoms with Gasteiger partial charge in [0.15, 0.2) is 5.69 Å². The maximum Gasteiger partial charge on any atom is 0.269 e. The van der Waals surface area contributed by atoms with Crippen molar-refractivity contribution in [1.29, 1.82) is 0 Å². The van der Waals surface area contributed by atoms with E-state index in [9.17, 15) is 4.79 Å². The van der Waals surface area contributed by atoms with Gasteiger partial charge in [0.05, 0.1) is 5.69 Å². The summed E-state index contributed by atoms with van der Waals surface area (Å²) in [6.45, 7) is 2.75. The zero-order valence-electron chi connectivity index (χ0n) is 13.2. The summed E-state index contributed by atoms with van der Waals surface area (Å²) in [4.78, 5) is 15.6. The van der Waals surface area contributed by atoms with Crippen molar-refractivity contribution in [2.75, 3.05) is 11.9 Å². The summed E-state index contributed by atoms with van der Waals surface area (Å²) < 4.78 is 0. The molecule has 0 atom stereocenters. The number of hydrogen-bond acceptors (Lipinski definition) is 6. The van der Waals surface area contributed by atoms with E-state index in [1.165, 1.54) is 5.56 Å². The first kappa shape index (κ1) is 16.1. The van der Waals surface area contributed by atoms with Crippen molar-refractivity contribution in [3.8, 4) is 10.6 Å². The van der Waals surface area contributed by atoms with E-state index in [0.717, 1.165) is 22.7 Å². The minimum atomic E-state index is -0.583. The molecule has 0 saturated heterocycles. The zero-order chi connectivity index (χ0) is 16.9. The summed E-state index contributed by atoms with van der Waals surface area (Å²) in [5, 5.41) is 13.9. The van der Waals surface area contributed by atoms with E-state index >= 15 is 0 Å². The third-order valence-corrected chi connectivity index (χ3v) is 4.39. The van der Waals surface area contributed by atoms with Crippen LogP contribution in [0.2, 0.25) is 0 Å². The Morgan fingerprint density at radius 3 is 2.62 bits per heavy atom. The van der Waals surface area contributed by atoms with Crippen LogP contribution in [-0.4, -0.2) is 27.6 Å². The maximum atomic E-state index is 10.9. The molecule has 1 aromatic carbocycles. The molecule has 0 aliphatic rings. The molecule has 3 aromatic rings. The lowest BCUT2D eigenvalue weighted by Crippen LogP contribution is -2.14. The monoisotopic (exact) mass is 339 g/mol. The molecule has 3 rings (SSSR count). The number of carbonyl (C=O) groups is 1. The Morgan fingerprint density at radius 1 is 1.17 bits per heavy atom. The number of rotatable bonds is 6. The van der Waals surface area contributed by atoms with Crippen molar-refractivity contribution in [3.63, 3.8) is 0 Å². The van der Waals surface area contributed by atoms with Crippen LogP contribution in [0.4, 0.5) is 5.82 Å². The molecule has 2 heterocycles. The molecule has 0 spiro atoms. The minimum absolute atomic E-state index is 0.155. The summed E-state index contributed by atoms with van der Waals surface area (Å²) in [6, 6.07) is 11.6. The third-order valence-electron chi connectivity index (χ3n) is 3.45. The fourth-order valence-corrected chi connectivity index (χ4v) is 2.99. The number of nitrogens with one attached hydrogen (secondary N) is 1. The van der Waals surface area contributed by atoms with Gasteiger partial charge >= 0.3 is 0 Å². The van der Waals surface area contributed by atoms with Gasteiger partial charge in [-0.15, -0.1) is 21.5 Å². The summed E-state index contributed by atoms with van der Waals surface area (Å²) in [5.74, 6) is 0.0224. The lowest BCUT2D eigenvalue weighted by molar-refractivity contribution is 0.0994. The fourth-order valence-electron chi connectivity index (χ4n) is 2.13. The largest absolute Gasteiger partial charge is 0.368 e. The Balaban J connectivity index is 1.55. The van der Waals surface area contributed by atoms with Gasteiger partial charge in [0.25, 0.3) is 5.91 Å². The van der Waals surface area contributed by atoms with E-state index in [-0.39, 0.29) is 5.69 Å². The van der Waals surface area contributed by atoms with Crippen LogP contribution in [0, 0.1) is 6.92 Å². The highest BCUT2D eigenvalue weighted by Crippen LogP contribution is 2.24. The number of anilines is 1. The van der Waals surface area contributed by atoms with Gasteiger partial charge in [-0.3, -0.25) is 4.79 Å². The van der Waals surface area contributed by atoms with Crippen LogP contribution in [0.1, 0.15) is 21.7 Å². The van der Waals surface area contributed by atoms with E-state index < -0.39 is 5.91 Å². The number of thiazole rings is 1. The Labute approximate surface area is 143 Å². The summed E-state index contributed by atoms with van der Waals surface area (Å²) in [6.07, 6.45) is 0.779. The van der Waals surface area contributed by atoms with Crippen LogP contribution in [0.25, 0.3) is 10.6 Å². The Kier molecular flexibility index (Phi) is 4.81. The molecule has 0 bridgehead atoms. The standard InChI is InChI=1S/C17H17N5OS/c1-11-2-4-12(5-3-11)17-20-13(10-24-17)8-9-19-15-7-6-14(16(18)23)21-22-15/h2-7,10H,8-9H2,1H3,(H2,18,23)(H,19,22). The molecule has 6 nitrogen and oxygen atoms in total. The van der Waals surface area contributed by atoms with Gasteiger partial charge in [-0.1, -0.05) is 29.8 Å². The topological polar surface area (TPSA) is 93.8 Å². The summed E-state index contributed by atoms with van der Waals surface area (Å²) in [7, 11) is 0. The Hall–Kier alpha value is -2.80. The molecular formula is C17H17N5OS. The Bertz CT molecular complexity index is 827. The first-order valence-electron chi connectivity index (χ1n) is 7.50. The molecule has 0 saturated carbocycles. The number of hydrogen-bond donors (Lipinski definition) is 2. The molecule has 0 fully saturated rings. The highest BCUT2D eigenvalue weighted by atomic mass is 32.1. The molecule has 3 N–H and O–H groups in total. The van der Waals surface area contributed by atoms with Crippen molar-refractivity contribution < 1.29 is 4.79 Å². The lowest BCUT2D eigenvalue weighted by Gasteiger charge is -2.03. The molecular weight excluding hydrogens is 322 g/mol. The summed E-state index contributed by atoms with van der Waals surface area (Å²) >= 11 is 1.64. The quantitative estimate of drug-likeness (QED) is 0.720. The third kappa shape index (κ3) is 3.94. The fraction of sp³-hybridized carbons (Fsp3) is 0.176. The van der Waals surface area contributed by atoms with Crippen LogP contribution in [-0.2, 0) is 6.42 Å². The van der Waals surface area contributed by atoms with E-state index in [1.807, 2.05) is 0 Å². The van der Waals surface area contributed by atoms with E-state index in [0.29, 0.717) is 12.4 Å². The van der Waals surface area contributed by atoms with E-state index in [4.69, 9.17) is 5.73 Å². The van der Waals surface area contributed by atoms with Gasteiger partial charge < -0.3 is 11.1 Å². The van der Waals surface area contributed by atoms with Gasteiger partial charge in [-0.2, -0.15) is 0 Å². The zero-order valence-corrected chi connectivity index (χ0v) is 14.0. The smallest absolute Gasteiger partial charge is 0.269 e. The maximum absolute atomic E-state index is 10.9. The molecule has 0 aliphatic heterocycles. The first-order valence-corrected chi connectivity index (χ1v) is 8.38. The van der Waals surface area contributed by atoms with Crippen molar-refractivity contribution in [3.05, 3.63) is 58.7 Å². The second-order valence-electron chi connectivity index (χ2n) is 5.35. The lowest BCUT2D eigenvalue weighted by atomic mass is 10.2.